The summed E-state index contributed by atoms with van der Waals surface area (Å²) in [6, 6.07) is 6.29. The molecule has 3 aromatic rings. The lowest BCUT2D eigenvalue weighted by atomic mass is 9.96. The predicted molar refractivity (Wildman–Crippen MR) is 174 cm³/mol. The number of alkyl halides is 3. The van der Waals surface area contributed by atoms with E-state index in [2.05, 4.69) is 10.1 Å². The molecule has 18 nitrogen and oxygen atoms in total. The Morgan fingerprint density at radius 3 is 2.37 bits per heavy atom. The van der Waals surface area contributed by atoms with E-state index >= 15 is 0 Å². The van der Waals surface area contributed by atoms with Crippen molar-refractivity contribution in [3.05, 3.63) is 53.2 Å². The van der Waals surface area contributed by atoms with Gasteiger partial charge in [-0.15, -0.1) is 0 Å². The van der Waals surface area contributed by atoms with E-state index in [4.69, 9.17) is 38.9 Å². The van der Waals surface area contributed by atoms with Crippen LogP contribution in [-0.2, 0) is 32.9 Å². The maximum Gasteiger partial charge on any atom is 0.490 e. The number of aliphatic hydroxyl groups is 2. The summed E-state index contributed by atoms with van der Waals surface area (Å²) in [5.74, 6) is -3.49. The number of hydrogen-bond donors (Lipinski definition) is 5. The number of carboxylic acids is 1. The second-order valence-corrected chi connectivity index (χ2v) is 14.1. The predicted octanol–water partition coefficient (Wildman–Crippen LogP) is 2.95. The third-order valence-corrected chi connectivity index (χ3v) is 8.62. The molecule has 3 heterocycles. The molecule has 288 valence electrons. The average Bonchev–Trinajstić information content (AvgIpc) is 3.53. The molecule has 0 saturated carbocycles. The Morgan fingerprint density at radius 1 is 1.17 bits per heavy atom. The van der Waals surface area contributed by atoms with Crippen LogP contribution in [0, 0.1) is 0 Å². The van der Waals surface area contributed by atoms with E-state index in [0.717, 1.165) is 4.57 Å². The van der Waals surface area contributed by atoms with Crippen molar-refractivity contribution in [3.63, 3.8) is 0 Å². The summed E-state index contributed by atoms with van der Waals surface area (Å²) in [7, 11) is -4.44. The van der Waals surface area contributed by atoms with Gasteiger partial charge in [-0.1, -0.05) is 0 Å². The van der Waals surface area contributed by atoms with Gasteiger partial charge in [0, 0.05) is 17.8 Å². The molecule has 1 aromatic carbocycles. The maximum absolute atomic E-state index is 14.1. The van der Waals surface area contributed by atoms with Crippen molar-refractivity contribution in [2.75, 3.05) is 18.9 Å². The van der Waals surface area contributed by atoms with Crippen LogP contribution in [0.5, 0.6) is 5.75 Å². The van der Waals surface area contributed by atoms with Crippen LogP contribution in [-0.4, -0.2) is 96.3 Å². The summed E-state index contributed by atoms with van der Waals surface area (Å²) < 4.78 is 75.7. The first-order valence-electron chi connectivity index (χ1n) is 15.3. The Morgan fingerprint density at radius 2 is 1.81 bits per heavy atom. The number of esters is 1. The Hall–Kier alpha value is -4.53. The maximum atomic E-state index is 14.1. The number of nitrogens with two attached hydrogens (primary N) is 1. The molecular weight excluding hydrogens is 726 g/mol. The van der Waals surface area contributed by atoms with Crippen LogP contribution in [0.4, 0.5) is 23.8 Å². The molecule has 6 atom stereocenters. The van der Waals surface area contributed by atoms with Crippen molar-refractivity contribution in [1.82, 2.24) is 19.2 Å². The van der Waals surface area contributed by atoms with E-state index in [1.54, 1.807) is 39.8 Å². The molecule has 0 spiro atoms. The molecule has 0 aliphatic carbocycles. The number of anilines is 1. The number of benzene rings is 1. The molecule has 0 amide bonds. The molecule has 22 heteroatoms. The molecule has 1 saturated heterocycles. The van der Waals surface area contributed by atoms with Crippen LogP contribution < -0.4 is 21.0 Å². The van der Waals surface area contributed by atoms with Crippen LogP contribution in [0.1, 0.15) is 47.8 Å². The van der Waals surface area contributed by atoms with Gasteiger partial charge in [-0.3, -0.25) is 18.5 Å². The van der Waals surface area contributed by atoms with Gasteiger partial charge in [0.15, 0.2) is 6.23 Å². The summed E-state index contributed by atoms with van der Waals surface area (Å²) in [6.45, 7) is 8.95. The largest absolute Gasteiger partial charge is 0.490 e. The summed E-state index contributed by atoms with van der Waals surface area (Å²) >= 11 is 0. The fraction of sp³-hybridized carbons (Fsp3) is 0.500. The van der Waals surface area contributed by atoms with E-state index < -0.39 is 79.9 Å². The molecule has 52 heavy (non-hydrogen) atoms. The number of aromatic nitrogens is 3. The third kappa shape index (κ3) is 10.5. The number of carboxylic acid groups (broad SMARTS) is 1. The molecule has 1 fully saturated rings. The van der Waals surface area contributed by atoms with Crippen molar-refractivity contribution in [3.8, 4) is 5.75 Å². The molecule has 0 radical (unpaired) electrons. The lowest BCUT2D eigenvalue weighted by Crippen LogP contribution is -2.46. The Labute approximate surface area is 293 Å². The highest BCUT2D eigenvalue weighted by Gasteiger charge is 2.54. The number of nitrogens with zero attached hydrogens (tertiary/aromatic N) is 3. The van der Waals surface area contributed by atoms with Crippen molar-refractivity contribution in [2.24, 2.45) is 0 Å². The van der Waals surface area contributed by atoms with Gasteiger partial charge in [0.25, 0.3) is 0 Å². The number of nitrogens with one attached hydrogen (secondary N) is 1. The lowest BCUT2D eigenvalue weighted by molar-refractivity contribution is -0.192. The summed E-state index contributed by atoms with van der Waals surface area (Å²) in [5.41, 5.74) is 2.49. The number of nitrogen functional groups attached to an aromatic ring is 1. The standard InChI is InChI=1S/C28H38N5O11P.C2HF3O2/c1-7-40-23(35)16(2)31-45(39,44-18-8-9-19-17(14-18)10-12-32(19)26(37)43-27(3,4)5)41-15-20-22(34)28(6,38)24(42-20)33-13-11-21(29)30-25(33)36;3-2(4,5)1(6)7/h8-14,16,20,22,24,34,38H,7,15H2,1-6H3,(H,31,39)(H2,29,30,36);(H,6,7)/t16-,20+,22+,24+,28+,45?;/m0./s1. The van der Waals surface area contributed by atoms with E-state index in [1.165, 1.54) is 49.0 Å². The molecule has 2 aromatic heterocycles. The number of hydrogen-bond acceptors (Lipinski definition) is 14. The minimum atomic E-state index is -5.08. The molecular formula is C30H39F3N5O13P. The van der Waals surface area contributed by atoms with E-state index in [9.17, 15) is 42.3 Å². The van der Waals surface area contributed by atoms with Gasteiger partial charge in [0.1, 0.15) is 41.0 Å². The number of carbonyl (C=O) groups is 3. The van der Waals surface area contributed by atoms with Crippen molar-refractivity contribution in [1.29, 1.82) is 0 Å². The highest BCUT2D eigenvalue weighted by atomic mass is 31.2. The Balaban J connectivity index is 0.000000944. The SMILES string of the molecule is CCOC(=O)[C@H](C)NP(=O)(OC[C@H]1O[C@@H](n2ccc(N)nc2=O)[C@](C)(O)[C@@H]1O)Oc1ccc2c(ccn2C(=O)OC(C)(C)C)c1.O=C(O)C(F)(F)F. The first kappa shape index (κ1) is 41.9. The van der Waals surface area contributed by atoms with Crippen LogP contribution in [0.3, 0.4) is 0 Å². The summed E-state index contributed by atoms with van der Waals surface area (Å²) in [4.78, 5) is 49.9. The van der Waals surface area contributed by atoms with Crippen LogP contribution in [0.2, 0.25) is 0 Å². The number of halogens is 3. The third-order valence-electron chi connectivity index (χ3n) is 6.98. The molecule has 1 aliphatic heterocycles. The van der Waals surface area contributed by atoms with Crippen molar-refractivity contribution in [2.45, 2.75) is 83.4 Å². The van der Waals surface area contributed by atoms with Crippen LogP contribution in [0.15, 0.2) is 47.5 Å². The Kier molecular flexibility index (Phi) is 12.9. The zero-order chi connectivity index (χ0) is 39.4. The van der Waals surface area contributed by atoms with E-state index in [-0.39, 0.29) is 18.2 Å². The fourth-order valence-electron chi connectivity index (χ4n) is 4.59. The average molecular weight is 766 g/mol. The van der Waals surface area contributed by atoms with E-state index in [1.807, 2.05) is 0 Å². The number of aliphatic hydroxyl groups excluding tert-OH is 1. The molecule has 6 N–H and O–H groups in total. The first-order chi connectivity index (χ1) is 23.9. The van der Waals surface area contributed by atoms with Crippen LogP contribution >= 0.6 is 7.75 Å². The van der Waals surface area contributed by atoms with E-state index in [0.29, 0.717) is 10.9 Å². The summed E-state index contributed by atoms with van der Waals surface area (Å²) in [5, 5.41) is 32.1. The first-order valence-corrected chi connectivity index (χ1v) is 16.9. The van der Waals surface area contributed by atoms with Gasteiger partial charge < -0.3 is 39.8 Å². The topological polar surface area (TPSA) is 253 Å². The zero-order valence-corrected chi connectivity index (χ0v) is 29.6. The molecule has 1 unspecified atom stereocenters. The number of fused-ring (bicyclic) bond motifs is 1. The van der Waals surface area contributed by atoms with Crippen molar-refractivity contribution >= 4 is 42.5 Å². The highest BCUT2D eigenvalue weighted by molar-refractivity contribution is 7.52. The number of ether oxygens (including phenoxy) is 3. The van der Waals surface area contributed by atoms with Gasteiger partial charge in [0.2, 0.25) is 0 Å². The molecule has 4 rings (SSSR count). The number of rotatable bonds is 10. The number of aliphatic carboxylic acids is 1. The van der Waals surface area contributed by atoms with Gasteiger partial charge >= 0.3 is 37.6 Å². The smallest absolute Gasteiger partial charge is 0.475 e. The van der Waals surface area contributed by atoms with Crippen LogP contribution in [0.25, 0.3) is 10.9 Å². The second-order valence-electron chi connectivity index (χ2n) is 12.4. The Bertz CT molecular complexity index is 1880. The summed E-state index contributed by atoms with van der Waals surface area (Å²) in [6.07, 6.45) is -7.23. The van der Waals surface area contributed by atoms with Gasteiger partial charge in [0.05, 0.1) is 18.7 Å². The minimum absolute atomic E-state index is 0.0474. The molecule has 1 aliphatic rings. The van der Waals surface area contributed by atoms with Gasteiger partial charge in [-0.25, -0.2) is 18.9 Å². The normalized spacial score (nSPS) is 22.1. The minimum Gasteiger partial charge on any atom is -0.475 e. The molecule has 0 bridgehead atoms. The second kappa shape index (κ2) is 16.0. The number of carbonyl (C=O) groups excluding carboxylic acids is 2. The lowest BCUT2D eigenvalue weighted by Gasteiger charge is -2.27. The zero-order valence-electron chi connectivity index (χ0n) is 28.7. The van der Waals surface area contributed by atoms with Crippen molar-refractivity contribution < 1.29 is 70.7 Å². The van der Waals surface area contributed by atoms with Gasteiger partial charge in [-0.05, 0) is 71.9 Å². The van der Waals surface area contributed by atoms with Gasteiger partial charge in [-0.2, -0.15) is 23.2 Å². The highest BCUT2D eigenvalue weighted by Crippen LogP contribution is 2.47. The fourth-order valence-corrected chi connectivity index (χ4v) is 6.08. The quantitative estimate of drug-likeness (QED) is 0.147. The monoisotopic (exact) mass is 765 g/mol.